The molecule has 2 fully saturated rings. The molecule has 22 heavy (non-hydrogen) atoms. The van der Waals surface area contributed by atoms with Gasteiger partial charge in [0.25, 0.3) is 0 Å². The highest BCUT2D eigenvalue weighted by molar-refractivity contribution is 5.85. The van der Waals surface area contributed by atoms with Crippen LogP contribution >= 0.6 is 12.4 Å². The van der Waals surface area contributed by atoms with Crippen molar-refractivity contribution in [3.63, 3.8) is 0 Å². The fourth-order valence-corrected chi connectivity index (χ4v) is 3.17. The Labute approximate surface area is 139 Å². The molecule has 0 bridgehead atoms. The molecule has 1 N–H and O–H groups in total. The molecular weight excluding hydrogens is 304 g/mol. The van der Waals surface area contributed by atoms with Crippen LogP contribution in [-0.4, -0.2) is 84.9 Å². The summed E-state index contributed by atoms with van der Waals surface area (Å²) >= 11 is 0. The summed E-state index contributed by atoms with van der Waals surface area (Å²) in [5.41, 5.74) is 0. The molecule has 2 aliphatic heterocycles. The molecule has 128 valence electrons. The van der Waals surface area contributed by atoms with Gasteiger partial charge in [0.05, 0.1) is 6.54 Å². The topological polar surface area (TPSA) is 55.9 Å². The van der Waals surface area contributed by atoms with Crippen molar-refractivity contribution < 1.29 is 9.59 Å². The third-order valence-corrected chi connectivity index (χ3v) is 4.48. The fraction of sp³-hybridized carbons (Fsp3) is 0.867. The summed E-state index contributed by atoms with van der Waals surface area (Å²) < 4.78 is 0. The van der Waals surface area contributed by atoms with Gasteiger partial charge in [0.1, 0.15) is 0 Å². The van der Waals surface area contributed by atoms with Crippen LogP contribution in [0.4, 0.5) is 0 Å². The fourth-order valence-electron chi connectivity index (χ4n) is 3.17. The first-order valence-corrected chi connectivity index (χ1v) is 8.10. The zero-order chi connectivity index (χ0) is 15.2. The van der Waals surface area contributed by atoms with Crippen LogP contribution in [0.2, 0.25) is 0 Å². The van der Waals surface area contributed by atoms with Gasteiger partial charge in [0, 0.05) is 45.7 Å². The molecule has 1 unspecified atom stereocenters. The van der Waals surface area contributed by atoms with Crippen molar-refractivity contribution in [1.29, 1.82) is 0 Å². The van der Waals surface area contributed by atoms with Crippen LogP contribution in [0.25, 0.3) is 0 Å². The summed E-state index contributed by atoms with van der Waals surface area (Å²) in [6.45, 7) is 9.95. The van der Waals surface area contributed by atoms with Crippen molar-refractivity contribution in [2.45, 2.75) is 32.7 Å². The summed E-state index contributed by atoms with van der Waals surface area (Å²) in [6.07, 6.45) is 2.20. The Balaban J connectivity index is 0.00000242. The van der Waals surface area contributed by atoms with Gasteiger partial charge in [-0.3, -0.25) is 14.5 Å². The van der Waals surface area contributed by atoms with E-state index in [1.807, 2.05) is 9.80 Å². The molecule has 0 aromatic carbocycles. The molecule has 6 nitrogen and oxygen atoms in total. The Morgan fingerprint density at radius 3 is 2.32 bits per heavy atom. The predicted molar refractivity (Wildman–Crippen MR) is 89.2 cm³/mol. The molecule has 0 aromatic heterocycles. The molecule has 0 saturated carbocycles. The second-order valence-electron chi connectivity index (χ2n) is 6.00. The predicted octanol–water partition coefficient (Wildman–Crippen LogP) is 0.173. The maximum atomic E-state index is 12.5. The quantitative estimate of drug-likeness (QED) is 0.780. The second kappa shape index (κ2) is 9.33. The maximum Gasteiger partial charge on any atom is 0.236 e. The van der Waals surface area contributed by atoms with Crippen LogP contribution in [0.1, 0.15) is 26.7 Å². The highest BCUT2D eigenvalue weighted by Crippen LogP contribution is 2.11. The van der Waals surface area contributed by atoms with Gasteiger partial charge in [-0.25, -0.2) is 0 Å². The van der Waals surface area contributed by atoms with E-state index in [2.05, 4.69) is 17.1 Å². The normalized spacial score (nSPS) is 21.9. The smallest absolute Gasteiger partial charge is 0.236 e. The summed E-state index contributed by atoms with van der Waals surface area (Å²) in [6, 6.07) is 0.493. The standard InChI is InChI=1S/C15H28N4O2.ClH/c1-3-6-19(14-4-5-16-11-14)12-15(21)18-9-7-17(8-10-18)13(2)20;/h14,16H,3-12H2,1-2H3;1H. The van der Waals surface area contributed by atoms with Gasteiger partial charge in [0.2, 0.25) is 11.8 Å². The number of carbonyl (C=O) groups excluding carboxylic acids is 2. The van der Waals surface area contributed by atoms with Crippen molar-refractivity contribution in [3.05, 3.63) is 0 Å². The lowest BCUT2D eigenvalue weighted by atomic mass is 10.2. The lowest BCUT2D eigenvalue weighted by Crippen LogP contribution is -2.53. The largest absolute Gasteiger partial charge is 0.339 e. The number of hydrogen-bond acceptors (Lipinski definition) is 4. The van der Waals surface area contributed by atoms with Crippen molar-refractivity contribution in [1.82, 2.24) is 20.0 Å². The monoisotopic (exact) mass is 332 g/mol. The molecular formula is C15H29ClN4O2. The van der Waals surface area contributed by atoms with E-state index in [0.717, 1.165) is 32.5 Å². The SMILES string of the molecule is CCCN(CC(=O)N1CCN(C(C)=O)CC1)C1CCNC1.Cl. The first-order valence-electron chi connectivity index (χ1n) is 8.10. The van der Waals surface area contributed by atoms with E-state index < -0.39 is 0 Å². The Kier molecular flexibility index (Phi) is 8.14. The third-order valence-electron chi connectivity index (χ3n) is 4.48. The Hall–Kier alpha value is -0.850. The van der Waals surface area contributed by atoms with Gasteiger partial charge >= 0.3 is 0 Å². The van der Waals surface area contributed by atoms with Crippen LogP contribution in [0.3, 0.4) is 0 Å². The molecule has 1 atom stereocenters. The Bertz CT molecular complexity index is 367. The zero-order valence-electron chi connectivity index (χ0n) is 13.7. The van der Waals surface area contributed by atoms with Crippen molar-refractivity contribution in [3.8, 4) is 0 Å². The minimum Gasteiger partial charge on any atom is -0.339 e. The molecule has 0 spiro atoms. The van der Waals surface area contributed by atoms with Gasteiger partial charge in [-0.05, 0) is 25.9 Å². The Morgan fingerprint density at radius 1 is 1.18 bits per heavy atom. The number of hydrogen-bond donors (Lipinski definition) is 1. The first-order chi connectivity index (χ1) is 10.1. The van der Waals surface area contributed by atoms with Gasteiger partial charge in [0.15, 0.2) is 0 Å². The lowest BCUT2D eigenvalue weighted by Gasteiger charge is -2.36. The van der Waals surface area contributed by atoms with Crippen LogP contribution in [0.5, 0.6) is 0 Å². The molecule has 2 heterocycles. The molecule has 2 saturated heterocycles. The number of amides is 2. The summed E-state index contributed by atoms with van der Waals surface area (Å²) in [5.74, 6) is 0.310. The second-order valence-corrected chi connectivity index (χ2v) is 6.00. The third kappa shape index (κ3) is 5.11. The van der Waals surface area contributed by atoms with Crippen molar-refractivity contribution >= 4 is 24.2 Å². The molecule has 0 aliphatic carbocycles. The van der Waals surface area contributed by atoms with Crippen LogP contribution in [0.15, 0.2) is 0 Å². The maximum absolute atomic E-state index is 12.5. The highest BCUT2D eigenvalue weighted by Gasteiger charge is 2.27. The van der Waals surface area contributed by atoms with E-state index in [4.69, 9.17) is 0 Å². The van der Waals surface area contributed by atoms with Crippen LogP contribution < -0.4 is 5.32 Å². The van der Waals surface area contributed by atoms with Gasteiger partial charge < -0.3 is 15.1 Å². The molecule has 0 aromatic rings. The van der Waals surface area contributed by atoms with E-state index in [1.165, 1.54) is 0 Å². The summed E-state index contributed by atoms with van der Waals surface area (Å²) in [4.78, 5) is 29.8. The number of piperazine rings is 1. The minimum atomic E-state index is 0. The van der Waals surface area contributed by atoms with E-state index >= 15 is 0 Å². The summed E-state index contributed by atoms with van der Waals surface area (Å²) in [7, 11) is 0. The molecule has 2 aliphatic rings. The van der Waals surface area contributed by atoms with E-state index in [-0.39, 0.29) is 24.2 Å². The molecule has 7 heteroatoms. The number of nitrogens with zero attached hydrogens (tertiary/aromatic N) is 3. The van der Waals surface area contributed by atoms with Crippen molar-refractivity contribution in [2.75, 3.05) is 52.4 Å². The van der Waals surface area contributed by atoms with Gasteiger partial charge in [-0.2, -0.15) is 0 Å². The molecule has 0 radical (unpaired) electrons. The highest BCUT2D eigenvalue weighted by atomic mass is 35.5. The van der Waals surface area contributed by atoms with E-state index in [1.54, 1.807) is 6.92 Å². The number of rotatable bonds is 5. The summed E-state index contributed by atoms with van der Waals surface area (Å²) in [5, 5.41) is 3.37. The molecule has 2 amide bonds. The zero-order valence-corrected chi connectivity index (χ0v) is 14.5. The van der Waals surface area contributed by atoms with Gasteiger partial charge in [-0.15, -0.1) is 12.4 Å². The average Bonchev–Trinajstić information content (AvgIpc) is 3.01. The van der Waals surface area contributed by atoms with E-state index in [9.17, 15) is 9.59 Å². The number of carbonyl (C=O) groups is 2. The minimum absolute atomic E-state index is 0. The van der Waals surface area contributed by atoms with Crippen LogP contribution in [0, 0.1) is 0 Å². The lowest BCUT2D eigenvalue weighted by molar-refractivity contribution is -0.139. The van der Waals surface area contributed by atoms with E-state index in [0.29, 0.717) is 38.8 Å². The number of nitrogens with one attached hydrogen (secondary N) is 1. The molecule has 2 rings (SSSR count). The van der Waals surface area contributed by atoms with Crippen LogP contribution in [-0.2, 0) is 9.59 Å². The van der Waals surface area contributed by atoms with Gasteiger partial charge in [-0.1, -0.05) is 6.92 Å². The number of halogens is 1. The Morgan fingerprint density at radius 2 is 1.82 bits per heavy atom. The average molecular weight is 333 g/mol. The first kappa shape index (κ1) is 19.2. The van der Waals surface area contributed by atoms with Crippen molar-refractivity contribution in [2.24, 2.45) is 0 Å².